The van der Waals surface area contributed by atoms with Gasteiger partial charge in [0.05, 0.1) is 19.0 Å². The standard InChI is InChI=1S/C19H25N3O4/c1-3-4-5-9-12-20-17(23)14-26-19(24)18-16(25-2)13-22(21-18)15-10-7-6-8-11-15/h6-8,10-11,13H,3-5,9,12,14H2,1-2H3,(H,20,23). The zero-order valence-electron chi connectivity index (χ0n) is 15.2. The first kappa shape index (κ1) is 19.5. The number of carbonyl (C=O) groups is 2. The van der Waals surface area contributed by atoms with Gasteiger partial charge in [0.15, 0.2) is 12.4 Å². The molecule has 0 aliphatic rings. The number of aromatic nitrogens is 2. The van der Waals surface area contributed by atoms with Gasteiger partial charge in [-0.1, -0.05) is 44.4 Å². The number of esters is 1. The average molecular weight is 359 g/mol. The van der Waals surface area contributed by atoms with Gasteiger partial charge in [0.2, 0.25) is 5.69 Å². The van der Waals surface area contributed by atoms with Crippen LogP contribution in [0.5, 0.6) is 5.75 Å². The second kappa shape index (κ2) is 10.2. The number of carbonyl (C=O) groups excluding carboxylic acids is 2. The van der Waals surface area contributed by atoms with Crippen molar-refractivity contribution in [3.05, 3.63) is 42.2 Å². The minimum atomic E-state index is -0.697. The lowest BCUT2D eigenvalue weighted by molar-refractivity contribution is -0.124. The molecule has 0 fully saturated rings. The van der Waals surface area contributed by atoms with Gasteiger partial charge >= 0.3 is 5.97 Å². The predicted octanol–water partition coefficient (Wildman–Crippen LogP) is 2.73. The Labute approximate surface area is 153 Å². The molecule has 1 N–H and O–H groups in total. The molecule has 0 unspecified atom stereocenters. The van der Waals surface area contributed by atoms with Crippen molar-refractivity contribution >= 4 is 11.9 Å². The van der Waals surface area contributed by atoms with Crippen LogP contribution in [0.2, 0.25) is 0 Å². The number of nitrogens with zero attached hydrogens (tertiary/aromatic N) is 2. The van der Waals surface area contributed by atoms with Crippen LogP contribution in [-0.2, 0) is 9.53 Å². The fourth-order valence-corrected chi connectivity index (χ4v) is 2.39. The highest BCUT2D eigenvalue weighted by Crippen LogP contribution is 2.20. The van der Waals surface area contributed by atoms with Crippen LogP contribution in [0.25, 0.3) is 5.69 Å². The monoisotopic (exact) mass is 359 g/mol. The molecule has 0 aliphatic heterocycles. The van der Waals surface area contributed by atoms with Crippen molar-refractivity contribution in [3.63, 3.8) is 0 Å². The first-order chi connectivity index (χ1) is 12.7. The third-order valence-electron chi connectivity index (χ3n) is 3.80. The summed E-state index contributed by atoms with van der Waals surface area (Å²) in [5.74, 6) is -0.729. The molecular formula is C19H25N3O4. The van der Waals surface area contributed by atoms with Gasteiger partial charge < -0.3 is 14.8 Å². The van der Waals surface area contributed by atoms with Gasteiger partial charge in [0.1, 0.15) is 0 Å². The van der Waals surface area contributed by atoms with Gasteiger partial charge in [-0.15, -0.1) is 0 Å². The third-order valence-corrected chi connectivity index (χ3v) is 3.80. The van der Waals surface area contributed by atoms with Crippen molar-refractivity contribution in [1.29, 1.82) is 0 Å². The Morgan fingerprint density at radius 3 is 2.62 bits per heavy atom. The highest BCUT2D eigenvalue weighted by atomic mass is 16.5. The quantitative estimate of drug-likeness (QED) is 0.521. The number of nitrogens with one attached hydrogen (secondary N) is 1. The second-order valence-corrected chi connectivity index (χ2v) is 5.81. The van der Waals surface area contributed by atoms with E-state index in [0.717, 1.165) is 31.4 Å². The highest BCUT2D eigenvalue weighted by Gasteiger charge is 2.20. The topological polar surface area (TPSA) is 82.5 Å². The number of para-hydroxylation sites is 1. The summed E-state index contributed by atoms with van der Waals surface area (Å²) in [6.07, 6.45) is 5.88. The van der Waals surface area contributed by atoms with E-state index in [9.17, 15) is 9.59 Å². The summed E-state index contributed by atoms with van der Waals surface area (Å²) in [6.45, 7) is 2.38. The molecule has 1 aromatic heterocycles. The number of methoxy groups -OCH3 is 1. The lowest BCUT2D eigenvalue weighted by atomic mass is 10.2. The van der Waals surface area contributed by atoms with Gasteiger partial charge in [-0.05, 0) is 18.6 Å². The lowest BCUT2D eigenvalue weighted by Gasteiger charge is -2.06. The Morgan fingerprint density at radius 2 is 1.92 bits per heavy atom. The Morgan fingerprint density at radius 1 is 1.15 bits per heavy atom. The molecule has 0 bridgehead atoms. The molecular weight excluding hydrogens is 334 g/mol. The summed E-state index contributed by atoms with van der Waals surface area (Å²) in [4.78, 5) is 24.0. The van der Waals surface area contributed by atoms with E-state index in [1.54, 1.807) is 6.20 Å². The average Bonchev–Trinajstić information content (AvgIpc) is 3.11. The van der Waals surface area contributed by atoms with E-state index in [-0.39, 0.29) is 18.2 Å². The molecule has 7 heteroatoms. The van der Waals surface area contributed by atoms with Crippen molar-refractivity contribution in [3.8, 4) is 11.4 Å². The minimum Gasteiger partial charge on any atom is -0.493 e. The summed E-state index contributed by atoms with van der Waals surface area (Å²) in [5.41, 5.74) is 0.821. The number of benzene rings is 1. The number of hydrogen-bond acceptors (Lipinski definition) is 5. The summed E-state index contributed by atoms with van der Waals surface area (Å²) in [5, 5.41) is 6.95. The molecule has 1 heterocycles. The van der Waals surface area contributed by atoms with Crippen molar-refractivity contribution in [1.82, 2.24) is 15.1 Å². The van der Waals surface area contributed by atoms with Crippen molar-refractivity contribution in [2.45, 2.75) is 32.6 Å². The Hall–Kier alpha value is -2.83. The predicted molar refractivity (Wildman–Crippen MR) is 97.6 cm³/mol. The van der Waals surface area contributed by atoms with E-state index in [4.69, 9.17) is 9.47 Å². The molecule has 0 spiro atoms. The van der Waals surface area contributed by atoms with Gasteiger partial charge in [0.25, 0.3) is 5.91 Å². The Bertz CT molecular complexity index is 713. The van der Waals surface area contributed by atoms with Gasteiger partial charge in [-0.2, -0.15) is 5.10 Å². The van der Waals surface area contributed by atoms with Crippen LogP contribution >= 0.6 is 0 Å². The van der Waals surface area contributed by atoms with Crippen LogP contribution in [0.4, 0.5) is 0 Å². The van der Waals surface area contributed by atoms with Crippen LogP contribution in [-0.4, -0.2) is 41.9 Å². The fraction of sp³-hybridized carbons (Fsp3) is 0.421. The molecule has 2 rings (SSSR count). The third kappa shape index (κ3) is 5.61. The maximum absolute atomic E-state index is 12.2. The maximum Gasteiger partial charge on any atom is 0.363 e. The first-order valence-corrected chi connectivity index (χ1v) is 8.78. The number of hydrogen-bond donors (Lipinski definition) is 1. The minimum absolute atomic E-state index is 0.0344. The van der Waals surface area contributed by atoms with Crippen molar-refractivity contribution in [2.75, 3.05) is 20.3 Å². The van der Waals surface area contributed by atoms with Crippen LogP contribution < -0.4 is 10.1 Å². The van der Waals surface area contributed by atoms with Crippen LogP contribution in [0.15, 0.2) is 36.5 Å². The van der Waals surface area contributed by atoms with Crippen LogP contribution in [0, 0.1) is 0 Å². The Kier molecular flexibility index (Phi) is 7.67. The summed E-state index contributed by atoms with van der Waals surface area (Å²) in [7, 11) is 1.45. The molecule has 0 radical (unpaired) electrons. The largest absolute Gasteiger partial charge is 0.493 e. The van der Waals surface area contributed by atoms with E-state index < -0.39 is 5.97 Å². The molecule has 1 aromatic carbocycles. The molecule has 0 aliphatic carbocycles. The van der Waals surface area contributed by atoms with Gasteiger partial charge in [-0.3, -0.25) is 4.79 Å². The van der Waals surface area contributed by atoms with Gasteiger partial charge in [0, 0.05) is 6.54 Å². The van der Waals surface area contributed by atoms with E-state index in [2.05, 4.69) is 17.3 Å². The second-order valence-electron chi connectivity index (χ2n) is 5.81. The van der Waals surface area contributed by atoms with Crippen LogP contribution in [0.1, 0.15) is 43.1 Å². The fourth-order valence-electron chi connectivity index (χ4n) is 2.39. The highest BCUT2D eigenvalue weighted by molar-refractivity contribution is 5.92. The molecule has 140 valence electrons. The molecule has 0 saturated carbocycles. The normalized spacial score (nSPS) is 10.4. The number of amides is 1. The molecule has 1 amide bonds. The van der Waals surface area contributed by atoms with Crippen LogP contribution in [0.3, 0.4) is 0 Å². The van der Waals surface area contributed by atoms with Crippen molar-refractivity contribution in [2.24, 2.45) is 0 Å². The molecule has 26 heavy (non-hydrogen) atoms. The van der Waals surface area contributed by atoms with Crippen molar-refractivity contribution < 1.29 is 19.1 Å². The molecule has 0 atom stereocenters. The number of ether oxygens (including phenoxy) is 2. The SMILES string of the molecule is CCCCCCNC(=O)COC(=O)c1nn(-c2ccccc2)cc1OC. The van der Waals surface area contributed by atoms with Gasteiger partial charge in [-0.25, -0.2) is 9.48 Å². The summed E-state index contributed by atoms with van der Waals surface area (Å²) >= 11 is 0. The molecule has 2 aromatic rings. The molecule has 7 nitrogen and oxygen atoms in total. The smallest absolute Gasteiger partial charge is 0.363 e. The zero-order valence-corrected chi connectivity index (χ0v) is 15.2. The lowest BCUT2D eigenvalue weighted by Crippen LogP contribution is -2.29. The zero-order chi connectivity index (χ0) is 18.8. The van der Waals surface area contributed by atoms with E-state index in [1.807, 2.05) is 30.3 Å². The number of rotatable bonds is 10. The van der Waals surface area contributed by atoms with E-state index in [0.29, 0.717) is 12.3 Å². The maximum atomic E-state index is 12.2. The molecule has 0 saturated heterocycles. The first-order valence-electron chi connectivity index (χ1n) is 8.78. The summed E-state index contributed by atoms with van der Waals surface area (Å²) < 4.78 is 11.8. The van der Waals surface area contributed by atoms with E-state index in [1.165, 1.54) is 11.8 Å². The Balaban J connectivity index is 1.89. The summed E-state index contributed by atoms with van der Waals surface area (Å²) in [6, 6.07) is 9.33. The number of unbranched alkanes of at least 4 members (excludes halogenated alkanes) is 3. The van der Waals surface area contributed by atoms with E-state index >= 15 is 0 Å².